The number of thioether (sulfide) groups is 1. The first-order valence-corrected chi connectivity index (χ1v) is 33.3. The Kier molecular flexibility index (Phi) is 31.9. The van der Waals surface area contributed by atoms with Crippen LogP contribution in [-0.4, -0.2) is 184 Å². The smallest absolute Gasteiger partial charge is 0.370 e. The molecule has 4 aliphatic heterocycles. The van der Waals surface area contributed by atoms with Crippen LogP contribution >= 0.6 is 11.8 Å². The van der Waals surface area contributed by atoms with Crippen molar-refractivity contribution in [3.05, 3.63) is 0 Å². The Morgan fingerprint density at radius 2 is 0.869 bits per heavy atom. The molecule has 84 heavy (non-hydrogen) atoms. The highest BCUT2D eigenvalue weighted by atomic mass is 32.2. The summed E-state index contributed by atoms with van der Waals surface area (Å²) in [5.74, 6) is -2.38. The van der Waals surface area contributed by atoms with Crippen LogP contribution in [0.4, 0.5) is 26.3 Å². The van der Waals surface area contributed by atoms with E-state index in [1.807, 2.05) is 62.3 Å². The van der Waals surface area contributed by atoms with Crippen LogP contribution < -0.4 is 0 Å². The van der Waals surface area contributed by atoms with Gasteiger partial charge in [0.25, 0.3) is 0 Å². The van der Waals surface area contributed by atoms with Gasteiger partial charge in [0.15, 0.2) is 48.7 Å². The highest BCUT2D eigenvalue weighted by Crippen LogP contribution is 2.48. The van der Waals surface area contributed by atoms with E-state index >= 15 is 0 Å². The Hall–Kier alpha value is -2.21. The van der Waals surface area contributed by atoms with Crippen LogP contribution in [0.3, 0.4) is 0 Å². The molecule has 498 valence electrons. The van der Waals surface area contributed by atoms with Gasteiger partial charge in [0.1, 0.15) is 19.8 Å². The van der Waals surface area contributed by atoms with E-state index in [2.05, 4.69) is 14.2 Å². The van der Waals surface area contributed by atoms with Crippen LogP contribution in [0.1, 0.15) is 186 Å². The Bertz CT molecular complexity index is 2110. The SMILES string of the molecule is CC(OC(=O)COC1CC2CCC1C2)C(F)(F)S(=O)(=O)[O-].CC(OC(=O)COC1CC2CCC1O2)C(F)(F)S(=O)(=O)[O-].CC(OC(=O)COC1CC2CCC1S2)C(F)(F)S(=O)(=O)[O-].CCC(C)(O)CC.CCC(C)(O)CC.CCC(C)(O)CC. The number of ether oxygens (including phenoxy) is 7. The number of alkyl halides is 6. The number of carbonyl (C=O) groups excluding carboxylic acids is 3. The van der Waals surface area contributed by atoms with Crippen molar-refractivity contribution in [2.24, 2.45) is 11.8 Å². The van der Waals surface area contributed by atoms with Crippen molar-refractivity contribution < 1.29 is 128 Å². The molecule has 12 unspecified atom stereocenters. The third-order valence-corrected chi connectivity index (χ3v) is 20.6. The van der Waals surface area contributed by atoms with Crippen LogP contribution in [0.15, 0.2) is 0 Å². The second-order valence-electron chi connectivity index (χ2n) is 22.5. The van der Waals surface area contributed by atoms with Gasteiger partial charge in [0.2, 0.25) is 0 Å². The first-order valence-electron chi connectivity index (χ1n) is 28.1. The summed E-state index contributed by atoms with van der Waals surface area (Å²) in [6.07, 6.45) is 6.91. The van der Waals surface area contributed by atoms with Crippen molar-refractivity contribution in [2.75, 3.05) is 19.8 Å². The highest BCUT2D eigenvalue weighted by Gasteiger charge is 2.50. The number of aliphatic hydroxyl groups is 3. The van der Waals surface area contributed by atoms with Crippen LogP contribution in [0.5, 0.6) is 0 Å². The number of rotatable bonds is 24. The van der Waals surface area contributed by atoms with Crippen LogP contribution in [0.2, 0.25) is 0 Å². The van der Waals surface area contributed by atoms with E-state index in [-0.39, 0.29) is 30.5 Å². The molecule has 4 saturated heterocycles. The summed E-state index contributed by atoms with van der Waals surface area (Å²) >= 11 is 1.80. The number of carbonyl (C=O) groups is 3. The largest absolute Gasteiger partial charge is 0.743 e. The van der Waals surface area contributed by atoms with Crippen LogP contribution in [-0.2, 0) is 77.9 Å². The first-order chi connectivity index (χ1) is 38.2. The van der Waals surface area contributed by atoms with Gasteiger partial charge >= 0.3 is 33.7 Å². The molecule has 2 saturated carbocycles. The minimum Gasteiger partial charge on any atom is -0.743 e. The molecule has 6 fully saturated rings. The summed E-state index contributed by atoms with van der Waals surface area (Å²) < 4.78 is 206. The van der Waals surface area contributed by atoms with Gasteiger partial charge < -0.3 is 62.1 Å². The lowest BCUT2D eigenvalue weighted by Crippen LogP contribution is -2.42. The summed E-state index contributed by atoms with van der Waals surface area (Å²) in [4.78, 5) is 34.2. The summed E-state index contributed by atoms with van der Waals surface area (Å²) in [6.45, 7) is 17.8. The predicted molar refractivity (Wildman–Crippen MR) is 290 cm³/mol. The zero-order valence-corrected chi connectivity index (χ0v) is 53.1. The van der Waals surface area contributed by atoms with Crippen LogP contribution in [0, 0.1) is 11.8 Å². The quantitative estimate of drug-likeness (QED) is 0.0366. The topological polar surface area (TPSA) is 348 Å². The van der Waals surface area contributed by atoms with E-state index in [9.17, 15) is 79.6 Å². The molecule has 0 radical (unpaired) electrons. The van der Waals surface area contributed by atoms with E-state index < -0.39 is 119 Å². The standard InChI is InChI=1S/C12H18F2O6S.C11H16F2O7S.C11H16F2O6S2.3C6H14O/c1-7(12(13,14)21(16,17)18)20-11(15)6-19-10-5-8-2-3-9(10)4-8;1-6(11(12,13)21(15,16)17)19-10(14)5-18-9-4-7-2-3-8(9)20-7;1-6(11(12,13)21(15,16)17)19-10(14)5-18-8-4-7-2-3-9(8)20-7;3*1-4-6(3,7)5-2/h7-10H,2-6H2,1H3,(H,16,17,18);2*6-9H,2-5H2,1H3,(H,15,16,17);3*7H,4-5H2,1-3H3/p-3. The molecule has 0 aromatic rings. The lowest BCUT2D eigenvalue weighted by Gasteiger charge is -2.26. The first kappa shape index (κ1) is 79.8. The Morgan fingerprint density at radius 3 is 1.11 bits per heavy atom. The Morgan fingerprint density at radius 1 is 0.512 bits per heavy atom. The summed E-state index contributed by atoms with van der Waals surface area (Å²) in [5.41, 5.74) is -1.25. The van der Waals surface area contributed by atoms with Gasteiger partial charge in [-0.15, -0.1) is 0 Å². The number of fused-ring (bicyclic) bond motifs is 6. The highest BCUT2D eigenvalue weighted by molar-refractivity contribution is 8.01. The average Bonchev–Trinajstić information content (AvgIpc) is 4.33. The number of hydrogen-bond acceptors (Lipinski definition) is 23. The fourth-order valence-corrected chi connectivity index (χ4v) is 11.8. The Labute approximate surface area is 495 Å². The minimum atomic E-state index is -5.91. The van der Waals surface area contributed by atoms with Gasteiger partial charge in [-0.1, -0.05) is 41.5 Å². The Balaban J connectivity index is 0.000000538. The van der Waals surface area contributed by atoms with E-state index in [1.54, 1.807) is 11.8 Å². The fraction of sp³-hybridized carbons (Fsp3) is 0.942. The second-order valence-corrected chi connectivity index (χ2v) is 28.4. The molecule has 0 aromatic carbocycles. The molecule has 2 aliphatic carbocycles. The minimum absolute atomic E-state index is 0.0737. The van der Waals surface area contributed by atoms with Crippen molar-refractivity contribution in [3.63, 3.8) is 0 Å². The molecule has 32 heteroatoms. The molecule has 4 heterocycles. The van der Waals surface area contributed by atoms with E-state index in [4.69, 9.17) is 34.3 Å². The molecular weight excluding hydrogens is 1220 g/mol. The zero-order valence-electron chi connectivity index (χ0n) is 49.9. The molecular formula is C52H89F6O22S4-3. The summed E-state index contributed by atoms with van der Waals surface area (Å²) in [6, 6.07) is 0. The molecule has 12 atom stereocenters. The summed E-state index contributed by atoms with van der Waals surface area (Å²) in [7, 11) is -17.7. The molecule has 6 bridgehead atoms. The van der Waals surface area contributed by atoms with Crippen molar-refractivity contribution in [1.29, 1.82) is 0 Å². The van der Waals surface area contributed by atoms with Crippen molar-refractivity contribution >= 4 is 60.0 Å². The van der Waals surface area contributed by atoms with Crippen LogP contribution in [0.25, 0.3) is 0 Å². The number of halogens is 6. The third-order valence-electron chi connectivity index (χ3n) is 15.9. The number of esters is 3. The van der Waals surface area contributed by atoms with Gasteiger partial charge in [-0.2, -0.15) is 38.1 Å². The molecule has 22 nitrogen and oxygen atoms in total. The molecule has 6 rings (SSSR count). The van der Waals surface area contributed by atoms with Gasteiger partial charge in [-0.3, -0.25) is 0 Å². The molecule has 3 N–H and O–H groups in total. The van der Waals surface area contributed by atoms with E-state index in [0.29, 0.717) is 49.5 Å². The van der Waals surface area contributed by atoms with Gasteiger partial charge in [0, 0.05) is 16.9 Å². The molecule has 6 aliphatic rings. The van der Waals surface area contributed by atoms with E-state index in [1.165, 1.54) is 0 Å². The maximum absolute atomic E-state index is 13.1. The molecule has 0 amide bonds. The maximum Gasteiger partial charge on any atom is 0.370 e. The summed E-state index contributed by atoms with van der Waals surface area (Å²) in [5, 5.41) is 14.2. The molecule has 0 aromatic heterocycles. The van der Waals surface area contributed by atoms with Crippen molar-refractivity contribution in [1.82, 2.24) is 0 Å². The maximum atomic E-state index is 13.1. The molecule has 0 spiro atoms. The van der Waals surface area contributed by atoms with Gasteiger partial charge in [0.05, 0.1) is 47.3 Å². The lowest BCUT2D eigenvalue weighted by atomic mass is 9.98. The number of hydrogen-bond donors (Lipinski definition) is 3. The third kappa shape index (κ3) is 25.7. The fourth-order valence-electron chi connectivity index (χ4n) is 8.71. The second kappa shape index (κ2) is 33.6. The van der Waals surface area contributed by atoms with Crippen molar-refractivity contribution in [3.8, 4) is 0 Å². The predicted octanol–water partition coefficient (Wildman–Crippen LogP) is 7.44. The zero-order chi connectivity index (χ0) is 65.3. The van der Waals surface area contributed by atoms with Crippen molar-refractivity contribution in [2.45, 2.75) is 278 Å². The normalized spacial score (nSPS) is 25.8. The lowest BCUT2D eigenvalue weighted by molar-refractivity contribution is -0.168. The van der Waals surface area contributed by atoms with E-state index in [0.717, 1.165) is 96.3 Å². The van der Waals surface area contributed by atoms with Gasteiger partial charge in [-0.05, 0) is 150 Å². The monoisotopic (exact) mass is 1310 g/mol. The van der Waals surface area contributed by atoms with Gasteiger partial charge in [-0.25, -0.2) is 39.6 Å². The average molecular weight is 1310 g/mol.